The maximum Gasteiger partial charge on any atom is 0.197 e. The summed E-state index contributed by atoms with van der Waals surface area (Å²) in [6.07, 6.45) is 0. The summed E-state index contributed by atoms with van der Waals surface area (Å²) < 4.78 is 5.23. The van der Waals surface area contributed by atoms with E-state index in [-0.39, 0.29) is 0 Å². The number of thiophene rings is 2. The van der Waals surface area contributed by atoms with E-state index in [0.29, 0.717) is 0 Å². The molecular formula is C53H34BN2S2. The largest absolute Gasteiger partial charge is 0.355 e. The number of benzene rings is 9. The van der Waals surface area contributed by atoms with Crippen LogP contribution in [0.4, 0.5) is 28.4 Å². The molecule has 0 bridgehead atoms. The molecule has 1 aliphatic heterocycles. The SMILES string of the molecule is Cc1cc(-c2c(Nc3ccc(-c4ccccc4)cc3)ccc3ccccc23)c2c(c1)N(c1ccc3c(c1)sc1ccccc13)c1cc3sc4ccccc4c3cc1[B]2. The Morgan fingerprint density at radius 2 is 1.14 bits per heavy atom. The van der Waals surface area contributed by atoms with E-state index in [1.807, 2.05) is 22.7 Å². The van der Waals surface area contributed by atoms with Crippen LogP contribution in [0.2, 0.25) is 0 Å². The number of nitrogens with one attached hydrogen (secondary N) is 1. The predicted molar refractivity (Wildman–Crippen MR) is 255 cm³/mol. The molecule has 1 radical (unpaired) electrons. The van der Waals surface area contributed by atoms with Crippen LogP contribution in [0.1, 0.15) is 5.56 Å². The molecular weight excluding hydrogens is 740 g/mol. The third-order valence-electron chi connectivity index (χ3n) is 11.7. The second kappa shape index (κ2) is 13.2. The Bertz CT molecular complexity index is 3420. The van der Waals surface area contributed by atoms with Crippen LogP contribution >= 0.6 is 22.7 Å². The number of anilines is 5. The fourth-order valence-electron chi connectivity index (χ4n) is 9.02. The standard InChI is InChI=1S/C53H34BN2S2/c1-32-27-43(52-38-14-6-5-13-35(38)21-26-45(52)55-36-22-19-34(20-23-36)33-11-3-2-4-12-33)53-47(28-32)56(37-24-25-41-39-15-7-9-17-48(39)57-50(41)29-37)46-31-51-42(30-44(46)54-53)40-16-8-10-18-49(40)58-51/h2-31,55H,1H3. The number of fused-ring (bicyclic) bond motifs is 9. The number of nitrogens with zero attached hydrogens (tertiary/aromatic N) is 1. The molecule has 0 aliphatic carbocycles. The van der Waals surface area contributed by atoms with Gasteiger partial charge in [-0.05, 0) is 105 Å². The van der Waals surface area contributed by atoms with Crippen molar-refractivity contribution in [2.75, 3.05) is 10.2 Å². The van der Waals surface area contributed by atoms with Gasteiger partial charge < -0.3 is 10.2 Å². The van der Waals surface area contributed by atoms with Crippen molar-refractivity contribution in [1.29, 1.82) is 0 Å². The number of hydrogen-bond donors (Lipinski definition) is 1. The Morgan fingerprint density at radius 1 is 0.483 bits per heavy atom. The first-order valence-electron chi connectivity index (χ1n) is 19.7. The molecule has 0 unspecified atom stereocenters. The van der Waals surface area contributed by atoms with Gasteiger partial charge in [-0.1, -0.05) is 133 Å². The van der Waals surface area contributed by atoms with Crippen LogP contribution in [-0.4, -0.2) is 7.28 Å². The van der Waals surface area contributed by atoms with Crippen molar-refractivity contribution in [2.45, 2.75) is 6.92 Å². The van der Waals surface area contributed by atoms with E-state index in [1.165, 1.54) is 107 Å². The summed E-state index contributed by atoms with van der Waals surface area (Å²) in [6, 6.07) is 66.9. The van der Waals surface area contributed by atoms with Crippen LogP contribution in [0, 0.1) is 6.92 Å². The molecule has 5 heteroatoms. The van der Waals surface area contributed by atoms with E-state index in [1.54, 1.807) is 0 Å². The van der Waals surface area contributed by atoms with Gasteiger partial charge in [-0.3, -0.25) is 0 Å². The fourth-order valence-corrected chi connectivity index (χ4v) is 11.3. The van der Waals surface area contributed by atoms with Crippen LogP contribution in [0.3, 0.4) is 0 Å². The van der Waals surface area contributed by atoms with Gasteiger partial charge >= 0.3 is 0 Å². The topological polar surface area (TPSA) is 15.3 Å². The summed E-state index contributed by atoms with van der Waals surface area (Å²) in [6.45, 7) is 2.24. The molecule has 2 aromatic heterocycles. The van der Waals surface area contributed by atoms with Gasteiger partial charge in [0.1, 0.15) is 0 Å². The molecule has 271 valence electrons. The monoisotopic (exact) mass is 773 g/mol. The zero-order chi connectivity index (χ0) is 38.3. The zero-order valence-corrected chi connectivity index (χ0v) is 33.3. The Balaban J connectivity index is 1.08. The minimum absolute atomic E-state index is 1.05. The van der Waals surface area contributed by atoms with E-state index >= 15 is 0 Å². The zero-order valence-electron chi connectivity index (χ0n) is 31.7. The molecule has 1 aliphatic rings. The van der Waals surface area contributed by atoms with Gasteiger partial charge in [0.15, 0.2) is 7.28 Å². The number of hydrogen-bond acceptors (Lipinski definition) is 4. The van der Waals surface area contributed by atoms with Crippen LogP contribution in [0.5, 0.6) is 0 Å². The van der Waals surface area contributed by atoms with Gasteiger partial charge in [0.2, 0.25) is 0 Å². The molecule has 0 amide bonds. The maximum absolute atomic E-state index is 3.88. The van der Waals surface area contributed by atoms with Crippen molar-refractivity contribution >= 4 is 120 Å². The lowest BCUT2D eigenvalue weighted by Crippen LogP contribution is -2.41. The second-order valence-corrected chi connectivity index (χ2v) is 17.5. The van der Waals surface area contributed by atoms with Crippen molar-refractivity contribution in [3.63, 3.8) is 0 Å². The molecule has 0 atom stereocenters. The molecule has 1 N–H and O–H groups in total. The van der Waals surface area contributed by atoms with E-state index in [0.717, 1.165) is 11.4 Å². The molecule has 9 aromatic carbocycles. The maximum atomic E-state index is 3.88. The first kappa shape index (κ1) is 33.5. The van der Waals surface area contributed by atoms with Crippen LogP contribution in [-0.2, 0) is 0 Å². The number of aryl methyl sites for hydroxylation is 1. The molecule has 11 aromatic rings. The summed E-state index contributed by atoms with van der Waals surface area (Å²) in [7, 11) is 2.44. The minimum Gasteiger partial charge on any atom is -0.355 e. The third-order valence-corrected chi connectivity index (χ3v) is 14.0. The highest BCUT2D eigenvalue weighted by molar-refractivity contribution is 7.26. The van der Waals surface area contributed by atoms with Crippen molar-refractivity contribution in [2.24, 2.45) is 0 Å². The highest BCUT2D eigenvalue weighted by Crippen LogP contribution is 2.46. The molecule has 0 saturated carbocycles. The van der Waals surface area contributed by atoms with Crippen molar-refractivity contribution < 1.29 is 0 Å². The smallest absolute Gasteiger partial charge is 0.197 e. The summed E-state index contributed by atoms with van der Waals surface area (Å²) in [5.74, 6) is 0. The van der Waals surface area contributed by atoms with E-state index < -0.39 is 0 Å². The van der Waals surface area contributed by atoms with Gasteiger partial charge in [-0.15, -0.1) is 22.7 Å². The Morgan fingerprint density at radius 3 is 1.93 bits per heavy atom. The fraction of sp³-hybridized carbons (Fsp3) is 0.0189. The lowest BCUT2D eigenvalue weighted by molar-refractivity contribution is 1.29. The summed E-state index contributed by atoms with van der Waals surface area (Å²) in [5.41, 5.74) is 14.2. The highest BCUT2D eigenvalue weighted by Gasteiger charge is 2.30. The van der Waals surface area contributed by atoms with E-state index in [9.17, 15) is 0 Å². The minimum atomic E-state index is 1.05. The van der Waals surface area contributed by atoms with Crippen LogP contribution in [0.15, 0.2) is 182 Å². The van der Waals surface area contributed by atoms with Gasteiger partial charge in [-0.25, -0.2) is 0 Å². The second-order valence-electron chi connectivity index (χ2n) is 15.3. The van der Waals surface area contributed by atoms with Gasteiger partial charge in [0.05, 0.1) is 0 Å². The van der Waals surface area contributed by atoms with Gasteiger partial charge in [0.25, 0.3) is 0 Å². The lowest BCUT2D eigenvalue weighted by atomic mass is 9.57. The first-order valence-corrected chi connectivity index (χ1v) is 21.4. The Kier molecular flexibility index (Phi) is 7.62. The number of rotatable bonds is 5. The quantitative estimate of drug-likeness (QED) is 0.175. The van der Waals surface area contributed by atoms with Gasteiger partial charge in [-0.2, -0.15) is 0 Å². The molecule has 12 rings (SSSR count). The van der Waals surface area contributed by atoms with E-state index in [2.05, 4.69) is 206 Å². The summed E-state index contributed by atoms with van der Waals surface area (Å²) >= 11 is 3.75. The van der Waals surface area contributed by atoms with Crippen LogP contribution in [0.25, 0.3) is 73.4 Å². The Labute approximate surface area is 345 Å². The predicted octanol–water partition coefficient (Wildman–Crippen LogP) is 14.4. The normalized spacial score (nSPS) is 12.3. The Hall–Kier alpha value is -6.66. The molecule has 2 nitrogen and oxygen atoms in total. The van der Waals surface area contributed by atoms with E-state index in [4.69, 9.17) is 0 Å². The first-order chi connectivity index (χ1) is 28.6. The summed E-state index contributed by atoms with van der Waals surface area (Å²) in [5, 5.41) is 11.6. The van der Waals surface area contributed by atoms with Crippen molar-refractivity contribution in [1.82, 2.24) is 0 Å². The molecule has 0 spiro atoms. The molecule has 58 heavy (non-hydrogen) atoms. The lowest BCUT2D eigenvalue weighted by Gasteiger charge is -2.35. The third kappa shape index (κ3) is 5.39. The molecule has 3 heterocycles. The molecule has 0 saturated heterocycles. The molecule has 0 fully saturated rings. The average molecular weight is 774 g/mol. The summed E-state index contributed by atoms with van der Waals surface area (Å²) in [4.78, 5) is 2.52. The highest BCUT2D eigenvalue weighted by atomic mass is 32.1. The van der Waals surface area contributed by atoms with Crippen molar-refractivity contribution in [3.8, 4) is 22.3 Å². The average Bonchev–Trinajstić information content (AvgIpc) is 3.82. The van der Waals surface area contributed by atoms with Crippen LogP contribution < -0.4 is 21.1 Å². The van der Waals surface area contributed by atoms with Crippen molar-refractivity contribution in [3.05, 3.63) is 188 Å². The van der Waals surface area contributed by atoms with Gasteiger partial charge in [0, 0.05) is 69.0 Å².